The third-order valence-electron chi connectivity index (χ3n) is 7.36. The maximum absolute atomic E-state index is 14.2. The van der Waals surface area contributed by atoms with E-state index in [1.54, 1.807) is 18.2 Å². The van der Waals surface area contributed by atoms with Crippen LogP contribution in [-0.2, 0) is 22.3 Å². The smallest absolute Gasteiger partial charge is 0.416 e. The van der Waals surface area contributed by atoms with Crippen LogP contribution >= 0.6 is 0 Å². The number of piperazine rings is 1. The first-order chi connectivity index (χ1) is 17.2. The summed E-state index contributed by atoms with van der Waals surface area (Å²) < 4.78 is 58.5. The van der Waals surface area contributed by atoms with Crippen LogP contribution in [0.1, 0.15) is 30.4 Å². The fourth-order valence-electron chi connectivity index (χ4n) is 5.52. The molecule has 0 saturated carbocycles. The highest BCUT2D eigenvalue weighted by Crippen LogP contribution is 2.32. The summed E-state index contributed by atoms with van der Waals surface area (Å²) in [5.41, 5.74) is 0.619. The molecule has 2 fully saturated rings. The van der Waals surface area contributed by atoms with Crippen LogP contribution in [0.2, 0.25) is 0 Å². The SMILES string of the molecule is COC(=O)CC[C@@H]1CN(Cc2cccc(C(F)(F)F)c2)CC[C@@H]1N1CCN(c2ccccc2F)CC1. The number of hydrogen-bond acceptors (Lipinski definition) is 5. The molecule has 36 heavy (non-hydrogen) atoms. The lowest BCUT2D eigenvalue weighted by molar-refractivity contribution is -0.141. The monoisotopic (exact) mass is 507 g/mol. The maximum Gasteiger partial charge on any atom is 0.416 e. The van der Waals surface area contributed by atoms with Gasteiger partial charge in [-0.2, -0.15) is 13.2 Å². The lowest BCUT2D eigenvalue weighted by atomic mass is 9.86. The molecule has 2 atom stereocenters. The second kappa shape index (κ2) is 11.6. The van der Waals surface area contributed by atoms with Gasteiger partial charge >= 0.3 is 12.1 Å². The summed E-state index contributed by atoms with van der Waals surface area (Å²) in [6.45, 7) is 4.92. The average Bonchev–Trinajstić information content (AvgIpc) is 2.87. The van der Waals surface area contributed by atoms with Crippen molar-refractivity contribution < 1.29 is 27.1 Å². The summed E-state index contributed by atoms with van der Waals surface area (Å²) in [5.74, 6) is -0.290. The van der Waals surface area contributed by atoms with E-state index in [0.29, 0.717) is 37.2 Å². The number of benzene rings is 2. The first-order valence-electron chi connectivity index (χ1n) is 12.4. The molecule has 0 radical (unpaired) electrons. The van der Waals surface area contributed by atoms with Crippen LogP contribution in [0.4, 0.5) is 23.2 Å². The molecule has 4 rings (SSSR count). The molecule has 2 aliphatic heterocycles. The average molecular weight is 508 g/mol. The molecule has 2 saturated heterocycles. The van der Waals surface area contributed by atoms with E-state index < -0.39 is 11.7 Å². The van der Waals surface area contributed by atoms with Crippen LogP contribution in [0.25, 0.3) is 0 Å². The second-order valence-electron chi connectivity index (χ2n) is 9.64. The van der Waals surface area contributed by atoms with Crippen LogP contribution in [0.15, 0.2) is 48.5 Å². The summed E-state index contributed by atoms with van der Waals surface area (Å²) in [7, 11) is 1.38. The predicted molar refractivity (Wildman–Crippen MR) is 130 cm³/mol. The van der Waals surface area contributed by atoms with Crippen molar-refractivity contribution in [3.63, 3.8) is 0 Å². The minimum Gasteiger partial charge on any atom is -0.469 e. The fourth-order valence-corrected chi connectivity index (χ4v) is 5.52. The number of halogens is 4. The van der Waals surface area contributed by atoms with E-state index in [-0.39, 0.29) is 23.7 Å². The van der Waals surface area contributed by atoms with Gasteiger partial charge in [-0.3, -0.25) is 14.6 Å². The van der Waals surface area contributed by atoms with Gasteiger partial charge in [-0.25, -0.2) is 4.39 Å². The number of ether oxygens (including phenoxy) is 1. The molecule has 5 nitrogen and oxygen atoms in total. The first kappa shape index (κ1) is 26.4. The largest absolute Gasteiger partial charge is 0.469 e. The number of likely N-dealkylation sites (tertiary alicyclic amines) is 1. The minimum absolute atomic E-state index is 0.184. The molecular formula is C27H33F4N3O2. The van der Waals surface area contributed by atoms with Gasteiger partial charge in [-0.1, -0.05) is 30.3 Å². The Kier molecular flexibility index (Phi) is 8.51. The Balaban J connectivity index is 1.41. The molecule has 2 aromatic carbocycles. The third-order valence-corrected chi connectivity index (χ3v) is 7.36. The molecule has 0 spiro atoms. The van der Waals surface area contributed by atoms with Gasteiger partial charge < -0.3 is 9.64 Å². The Hall–Kier alpha value is -2.65. The number of nitrogens with zero attached hydrogens (tertiary/aromatic N) is 3. The molecule has 196 valence electrons. The first-order valence-corrected chi connectivity index (χ1v) is 12.4. The van der Waals surface area contributed by atoms with E-state index in [1.165, 1.54) is 25.3 Å². The van der Waals surface area contributed by atoms with Crippen molar-refractivity contribution in [2.45, 2.75) is 38.0 Å². The number of anilines is 1. The number of hydrogen-bond donors (Lipinski definition) is 0. The van der Waals surface area contributed by atoms with Crippen molar-refractivity contribution in [3.05, 3.63) is 65.5 Å². The number of methoxy groups -OCH3 is 1. The predicted octanol–water partition coefficient (Wildman–Crippen LogP) is 4.81. The Morgan fingerprint density at radius 2 is 1.78 bits per heavy atom. The molecule has 0 N–H and O–H groups in total. The van der Waals surface area contributed by atoms with Gasteiger partial charge in [0.05, 0.1) is 18.4 Å². The van der Waals surface area contributed by atoms with Gasteiger partial charge in [0.2, 0.25) is 0 Å². The number of piperidine rings is 1. The number of carbonyl (C=O) groups excluding carboxylic acids is 1. The summed E-state index contributed by atoms with van der Waals surface area (Å²) in [4.78, 5) is 18.6. The van der Waals surface area contributed by atoms with Crippen LogP contribution in [-0.4, -0.2) is 68.2 Å². The molecule has 2 heterocycles. The summed E-state index contributed by atoms with van der Waals surface area (Å²) in [6.07, 6.45) is -2.53. The van der Waals surface area contributed by atoms with Gasteiger partial charge in [-0.05, 0) is 49.1 Å². The third kappa shape index (κ3) is 6.56. The van der Waals surface area contributed by atoms with E-state index in [9.17, 15) is 22.4 Å². The van der Waals surface area contributed by atoms with E-state index >= 15 is 0 Å². The fraction of sp³-hybridized carbons (Fsp3) is 0.519. The molecule has 2 aliphatic rings. The van der Waals surface area contributed by atoms with Crippen molar-refractivity contribution >= 4 is 11.7 Å². The van der Waals surface area contributed by atoms with Crippen LogP contribution in [0, 0.1) is 11.7 Å². The van der Waals surface area contributed by atoms with Crippen molar-refractivity contribution in [3.8, 4) is 0 Å². The zero-order chi connectivity index (χ0) is 25.7. The number of esters is 1. The zero-order valence-corrected chi connectivity index (χ0v) is 20.5. The topological polar surface area (TPSA) is 36.0 Å². The van der Waals surface area contributed by atoms with Gasteiger partial charge in [0.15, 0.2) is 0 Å². The quantitative estimate of drug-likeness (QED) is 0.397. The van der Waals surface area contributed by atoms with Gasteiger partial charge in [0, 0.05) is 51.7 Å². The van der Waals surface area contributed by atoms with Crippen LogP contribution in [0.5, 0.6) is 0 Å². The van der Waals surface area contributed by atoms with E-state index in [4.69, 9.17) is 4.74 Å². The number of rotatable bonds is 7. The van der Waals surface area contributed by atoms with E-state index in [0.717, 1.165) is 45.2 Å². The standard InChI is InChI=1S/C27H33F4N3O2/c1-36-26(35)10-9-21-19-32(18-20-5-4-6-22(17-20)27(29,30)31)12-11-24(21)33-13-15-34(16-14-33)25-8-3-2-7-23(25)28/h2-8,17,21,24H,9-16,18-19H2,1H3/t21-,24+/m1/s1. The number of para-hydroxylation sites is 1. The normalized spacial score (nSPS) is 22.0. The number of alkyl halides is 3. The molecule has 0 aromatic heterocycles. The maximum atomic E-state index is 14.2. The Bertz CT molecular complexity index is 1020. The summed E-state index contributed by atoms with van der Waals surface area (Å²) in [6, 6.07) is 12.6. The molecule has 0 amide bonds. The van der Waals surface area contributed by atoms with Crippen molar-refractivity contribution in [2.75, 3.05) is 51.3 Å². The highest BCUT2D eigenvalue weighted by Gasteiger charge is 2.36. The zero-order valence-electron chi connectivity index (χ0n) is 20.5. The lowest BCUT2D eigenvalue weighted by Gasteiger charge is -2.47. The van der Waals surface area contributed by atoms with Crippen molar-refractivity contribution in [1.82, 2.24) is 9.80 Å². The Morgan fingerprint density at radius 3 is 2.47 bits per heavy atom. The summed E-state index contributed by atoms with van der Waals surface area (Å²) >= 11 is 0. The molecule has 9 heteroatoms. The van der Waals surface area contributed by atoms with Crippen molar-refractivity contribution in [1.29, 1.82) is 0 Å². The lowest BCUT2D eigenvalue weighted by Crippen LogP contribution is -2.56. The summed E-state index contributed by atoms with van der Waals surface area (Å²) in [5, 5.41) is 0. The molecule has 0 bridgehead atoms. The Labute approximate surface area is 209 Å². The second-order valence-corrected chi connectivity index (χ2v) is 9.64. The highest BCUT2D eigenvalue weighted by atomic mass is 19.4. The van der Waals surface area contributed by atoms with E-state index in [2.05, 4.69) is 14.7 Å². The van der Waals surface area contributed by atoms with Gasteiger partial charge in [0.1, 0.15) is 5.82 Å². The van der Waals surface area contributed by atoms with Gasteiger partial charge in [-0.15, -0.1) is 0 Å². The van der Waals surface area contributed by atoms with Crippen LogP contribution < -0.4 is 4.90 Å². The van der Waals surface area contributed by atoms with Crippen LogP contribution in [0.3, 0.4) is 0 Å². The molecular weight excluding hydrogens is 474 g/mol. The highest BCUT2D eigenvalue weighted by molar-refractivity contribution is 5.69. The molecule has 2 aromatic rings. The van der Waals surface area contributed by atoms with Crippen molar-refractivity contribution in [2.24, 2.45) is 5.92 Å². The Morgan fingerprint density at radius 1 is 1.03 bits per heavy atom. The number of carbonyl (C=O) groups is 1. The molecule has 0 aliphatic carbocycles. The van der Waals surface area contributed by atoms with Gasteiger partial charge in [0.25, 0.3) is 0 Å². The minimum atomic E-state index is -4.36. The molecule has 0 unspecified atom stereocenters. The van der Waals surface area contributed by atoms with E-state index in [1.807, 2.05) is 6.07 Å².